The van der Waals surface area contributed by atoms with Crippen LogP contribution in [0.5, 0.6) is 0 Å². The molecule has 5 nitrogen and oxygen atoms in total. The summed E-state index contributed by atoms with van der Waals surface area (Å²) in [5.74, 6) is -0.279. The molecule has 3 rings (SSSR count). The summed E-state index contributed by atoms with van der Waals surface area (Å²) in [4.78, 5) is 12.1. The molecule has 0 saturated heterocycles. The average Bonchev–Trinajstić information content (AvgIpc) is 3.18. The van der Waals surface area contributed by atoms with E-state index in [-0.39, 0.29) is 11.6 Å². The second-order valence-corrected chi connectivity index (χ2v) is 6.26. The number of hydrogen-bond donors (Lipinski definition) is 3. The lowest BCUT2D eigenvalue weighted by molar-refractivity contribution is 0.102. The highest BCUT2D eigenvalue weighted by atomic mass is 32.1. The molecule has 1 heterocycles. The molecule has 0 fully saturated rings. The second-order valence-electron chi connectivity index (χ2n) is 5.85. The molecule has 3 aromatic rings. The summed E-state index contributed by atoms with van der Waals surface area (Å²) in [6.07, 6.45) is 1.61. The third kappa shape index (κ3) is 4.92. The molecular weight excluding hydrogens is 365 g/mol. The van der Waals surface area contributed by atoms with Crippen LogP contribution in [0, 0.1) is 5.82 Å². The highest BCUT2D eigenvalue weighted by molar-refractivity contribution is 7.80. The molecule has 0 radical (unpaired) electrons. The summed E-state index contributed by atoms with van der Waals surface area (Å²) in [6.45, 7) is 1.94. The van der Waals surface area contributed by atoms with Gasteiger partial charge in [-0.15, -0.1) is 0 Å². The quantitative estimate of drug-likeness (QED) is 0.557. The van der Waals surface area contributed by atoms with Crippen molar-refractivity contribution in [1.29, 1.82) is 0 Å². The van der Waals surface area contributed by atoms with Crippen LogP contribution in [0.1, 0.15) is 29.1 Å². The molecule has 1 unspecified atom stereocenters. The van der Waals surface area contributed by atoms with Crippen LogP contribution in [0.3, 0.4) is 0 Å². The summed E-state index contributed by atoms with van der Waals surface area (Å²) >= 11 is 5.29. The first-order chi connectivity index (χ1) is 13.0. The number of carbonyl (C=O) groups is 1. The number of furan rings is 1. The summed E-state index contributed by atoms with van der Waals surface area (Å²) in [5, 5.41) is 9.29. The molecule has 0 aliphatic heterocycles. The van der Waals surface area contributed by atoms with Crippen LogP contribution in [-0.4, -0.2) is 11.0 Å². The van der Waals surface area contributed by atoms with Crippen LogP contribution in [0.15, 0.2) is 71.3 Å². The molecule has 0 aliphatic carbocycles. The van der Waals surface area contributed by atoms with Gasteiger partial charge < -0.3 is 20.4 Å². The highest BCUT2D eigenvalue weighted by Crippen LogP contribution is 2.17. The first kappa shape index (κ1) is 18.6. The average molecular weight is 383 g/mol. The normalized spacial score (nSPS) is 11.5. The molecule has 0 spiro atoms. The largest absolute Gasteiger partial charge is 0.467 e. The van der Waals surface area contributed by atoms with Crippen LogP contribution in [0.25, 0.3) is 0 Å². The zero-order valence-electron chi connectivity index (χ0n) is 14.5. The number of rotatable bonds is 5. The smallest absolute Gasteiger partial charge is 0.258 e. The van der Waals surface area contributed by atoms with Gasteiger partial charge in [-0.2, -0.15) is 0 Å². The van der Waals surface area contributed by atoms with Crippen molar-refractivity contribution in [3.05, 3.63) is 84.1 Å². The van der Waals surface area contributed by atoms with Crippen molar-refractivity contribution in [2.45, 2.75) is 13.0 Å². The van der Waals surface area contributed by atoms with Crippen molar-refractivity contribution in [3.8, 4) is 0 Å². The van der Waals surface area contributed by atoms with Gasteiger partial charge in [0.2, 0.25) is 0 Å². The maximum Gasteiger partial charge on any atom is 0.258 e. The minimum atomic E-state index is -0.560. The SMILES string of the molecule is CC(NC(=S)Nc1ccc(NC(=O)c2ccccc2F)cc1)c1ccco1. The van der Waals surface area contributed by atoms with E-state index < -0.39 is 11.7 Å². The van der Waals surface area contributed by atoms with Gasteiger partial charge in [0.25, 0.3) is 5.91 Å². The van der Waals surface area contributed by atoms with Crippen molar-refractivity contribution >= 4 is 34.6 Å². The van der Waals surface area contributed by atoms with E-state index in [0.717, 1.165) is 11.4 Å². The van der Waals surface area contributed by atoms with Gasteiger partial charge in [0.1, 0.15) is 11.6 Å². The van der Waals surface area contributed by atoms with E-state index in [1.165, 1.54) is 18.2 Å². The van der Waals surface area contributed by atoms with Crippen LogP contribution in [-0.2, 0) is 0 Å². The molecule has 27 heavy (non-hydrogen) atoms. The first-order valence-corrected chi connectivity index (χ1v) is 8.70. The number of amides is 1. The van der Waals surface area contributed by atoms with E-state index in [1.54, 1.807) is 36.6 Å². The van der Waals surface area contributed by atoms with Gasteiger partial charge in [0.15, 0.2) is 5.11 Å². The number of anilines is 2. The van der Waals surface area contributed by atoms with Crippen molar-refractivity contribution in [1.82, 2.24) is 5.32 Å². The molecule has 1 amide bonds. The molecule has 138 valence electrons. The molecule has 7 heteroatoms. The molecule has 0 aliphatic rings. The lowest BCUT2D eigenvalue weighted by Gasteiger charge is -2.15. The van der Waals surface area contributed by atoms with Crippen molar-refractivity contribution in [2.75, 3.05) is 10.6 Å². The lowest BCUT2D eigenvalue weighted by Crippen LogP contribution is -2.30. The van der Waals surface area contributed by atoms with Gasteiger partial charge in [-0.3, -0.25) is 4.79 Å². The summed E-state index contributed by atoms with van der Waals surface area (Å²) in [6, 6.07) is 16.4. The van der Waals surface area contributed by atoms with Crippen molar-refractivity contribution in [3.63, 3.8) is 0 Å². The fourth-order valence-corrected chi connectivity index (χ4v) is 2.75. The van der Waals surface area contributed by atoms with Crippen LogP contribution in [0.4, 0.5) is 15.8 Å². The van der Waals surface area contributed by atoms with E-state index in [2.05, 4.69) is 16.0 Å². The van der Waals surface area contributed by atoms with E-state index in [4.69, 9.17) is 16.6 Å². The third-order valence-electron chi connectivity index (χ3n) is 3.84. The van der Waals surface area contributed by atoms with Gasteiger partial charge in [-0.25, -0.2) is 4.39 Å². The topological polar surface area (TPSA) is 66.3 Å². The number of benzene rings is 2. The van der Waals surface area contributed by atoms with Gasteiger partial charge in [-0.05, 0) is 67.7 Å². The van der Waals surface area contributed by atoms with E-state index >= 15 is 0 Å². The van der Waals surface area contributed by atoms with Gasteiger partial charge in [-0.1, -0.05) is 12.1 Å². The van der Waals surface area contributed by atoms with Crippen molar-refractivity contribution in [2.24, 2.45) is 0 Å². The van der Waals surface area contributed by atoms with Crippen LogP contribution >= 0.6 is 12.2 Å². The Kier molecular flexibility index (Phi) is 5.83. The molecule has 0 saturated carbocycles. The van der Waals surface area contributed by atoms with Gasteiger partial charge in [0.05, 0.1) is 17.9 Å². The number of nitrogens with one attached hydrogen (secondary N) is 3. The Morgan fingerprint density at radius 2 is 1.67 bits per heavy atom. The Morgan fingerprint density at radius 3 is 2.30 bits per heavy atom. The Labute approximate surface area is 161 Å². The second kappa shape index (κ2) is 8.46. The lowest BCUT2D eigenvalue weighted by atomic mass is 10.2. The van der Waals surface area contributed by atoms with Gasteiger partial charge >= 0.3 is 0 Å². The Morgan fingerprint density at radius 1 is 1.00 bits per heavy atom. The van der Waals surface area contributed by atoms with E-state index in [9.17, 15) is 9.18 Å². The summed E-state index contributed by atoms with van der Waals surface area (Å²) in [7, 11) is 0. The highest BCUT2D eigenvalue weighted by Gasteiger charge is 2.11. The number of thiocarbonyl (C=S) groups is 1. The predicted molar refractivity (Wildman–Crippen MR) is 107 cm³/mol. The minimum absolute atomic E-state index is 0.00278. The Bertz CT molecular complexity index is 927. The Balaban J connectivity index is 1.56. The summed E-state index contributed by atoms with van der Waals surface area (Å²) < 4.78 is 19.0. The fourth-order valence-electron chi connectivity index (χ4n) is 2.45. The third-order valence-corrected chi connectivity index (χ3v) is 4.06. The maximum atomic E-state index is 13.7. The number of carbonyl (C=O) groups excluding carboxylic acids is 1. The minimum Gasteiger partial charge on any atom is -0.467 e. The van der Waals surface area contributed by atoms with E-state index in [1.807, 2.05) is 19.1 Å². The molecular formula is C20H18FN3O2S. The monoisotopic (exact) mass is 383 g/mol. The van der Waals surface area contributed by atoms with Crippen LogP contribution in [0.2, 0.25) is 0 Å². The standard InChI is InChI=1S/C20H18FN3O2S/c1-13(18-7-4-12-26-18)22-20(27)24-15-10-8-14(9-11-15)23-19(25)16-5-2-3-6-17(16)21/h2-13H,1H3,(H,23,25)(H2,22,24,27). The van der Waals surface area contributed by atoms with Gasteiger partial charge in [0, 0.05) is 11.4 Å². The summed E-state index contributed by atoms with van der Waals surface area (Å²) in [5.41, 5.74) is 1.30. The number of halogens is 1. The fraction of sp³-hybridized carbons (Fsp3) is 0.100. The molecule has 2 aromatic carbocycles. The molecule has 0 bridgehead atoms. The first-order valence-electron chi connectivity index (χ1n) is 8.30. The number of hydrogen-bond acceptors (Lipinski definition) is 3. The van der Waals surface area contributed by atoms with Crippen LogP contribution < -0.4 is 16.0 Å². The van der Waals surface area contributed by atoms with E-state index in [0.29, 0.717) is 10.8 Å². The molecule has 1 aromatic heterocycles. The molecule has 1 atom stereocenters. The predicted octanol–water partition coefficient (Wildman–Crippen LogP) is 4.72. The van der Waals surface area contributed by atoms with Crippen molar-refractivity contribution < 1.29 is 13.6 Å². The Hall–Kier alpha value is -3.19. The zero-order valence-corrected chi connectivity index (χ0v) is 15.3. The molecule has 3 N–H and O–H groups in total. The zero-order chi connectivity index (χ0) is 19.2. The maximum absolute atomic E-state index is 13.7.